The van der Waals surface area contributed by atoms with Gasteiger partial charge in [-0.2, -0.15) is 0 Å². The van der Waals surface area contributed by atoms with Crippen LogP contribution in [0.4, 0.5) is 5.82 Å². The van der Waals surface area contributed by atoms with Crippen LogP contribution in [0.25, 0.3) is 22.3 Å². The fraction of sp³-hybridized carbons (Fsp3) is 0. The zero-order valence-electron chi connectivity index (χ0n) is 9.47. The van der Waals surface area contributed by atoms with Crippen molar-refractivity contribution >= 4 is 28.5 Å². The van der Waals surface area contributed by atoms with Crippen molar-refractivity contribution in [2.24, 2.45) is 0 Å². The molecule has 0 unspecified atom stereocenters. The standard InChI is InChI=1S/C14H10ClN3/c15-10-5-3-4-9(8-10)13-14(16)18-12-7-2-1-6-11(12)17-13/h1-8H,(H2,16,18). The highest BCUT2D eigenvalue weighted by Crippen LogP contribution is 2.26. The van der Waals surface area contributed by atoms with Gasteiger partial charge in [-0.3, -0.25) is 0 Å². The maximum absolute atomic E-state index is 5.98. The van der Waals surface area contributed by atoms with E-state index in [-0.39, 0.29) is 0 Å². The van der Waals surface area contributed by atoms with E-state index in [0.29, 0.717) is 16.5 Å². The molecule has 18 heavy (non-hydrogen) atoms. The molecule has 0 aliphatic heterocycles. The van der Waals surface area contributed by atoms with Crippen LogP contribution >= 0.6 is 11.6 Å². The van der Waals surface area contributed by atoms with Gasteiger partial charge in [0.15, 0.2) is 5.82 Å². The number of hydrogen-bond acceptors (Lipinski definition) is 3. The minimum Gasteiger partial charge on any atom is -0.382 e. The normalized spacial score (nSPS) is 10.7. The minimum atomic E-state index is 0.413. The van der Waals surface area contributed by atoms with E-state index in [2.05, 4.69) is 9.97 Å². The third kappa shape index (κ3) is 1.89. The molecule has 0 saturated heterocycles. The number of fused-ring (bicyclic) bond motifs is 1. The molecule has 3 nitrogen and oxygen atoms in total. The number of nitrogen functional groups attached to an aromatic ring is 1. The second kappa shape index (κ2) is 4.27. The summed E-state index contributed by atoms with van der Waals surface area (Å²) in [6.45, 7) is 0. The number of benzene rings is 2. The maximum atomic E-state index is 5.98. The van der Waals surface area contributed by atoms with Gasteiger partial charge in [0.05, 0.1) is 11.0 Å². The second-order valence-corrected chi connectivity index (χ2v) is 4.39. The van der Waals surface area contributed by atoms with Crippen LogP contribution in [0.5, 0.6) is 0 Å². The molecular weight excluding hydrogens is 246 g/mol. The van der Waals surface area contributed by atoms with Crippen molar-refractivity contribution in [2.45, 2.75) is 0 Å². The van der Waals surface area contributed by atoms with Gasteiger partial charge in [0, 0.05) is 10.6 Å². The Labute approximate surface area is 109 Å². The first kappa shape index (κ1) is 11.0. The van der Waals surface area contributed by atoms with Gasteiger partial charge in [0.1, 0.15) is 5.69 Å². The summed E-state index contributed by atoms with van der Waals surface area (Å²) in [5, 5.41) is 0.654. The zero-order valence-corrected chi connectivity index (χ0v) is 10.2. The zero-order chi connectivity index (χ0) is 12.5. The van der Waals surface area contributed by atoms with E-state index < -0.39 is 0 Å². The third-order valence-electron chi connectivity index (χ3n) is 2.70. The quantitative estimate of drug-likeness (QED) is 0.724. The van der Waals surface area contributed by atoms with Crippen LogP contribution in [0.1, 0.15) is 0 Å². The van der Waals surface area contributed by atoms with Gasteiger partial charge in [-0.05, 0) is 24.3 Å². The van der Waals surface area contributed by atoms with Crippen molar-refractivity contribution in [3.05, 3.63) is 53.6 Å². The molecule has 0 aliphatic rings. The predicted octanol–water partition coefficient (Wildman–Crippen LogP) is 3.53. The molecule has 1 aromatic heterocycles. The minimum absolute atomic E-state index is 0.413. The van der Waals surface area contributed by atoms with Crippen molar-refractivity contribution in [3.63, 3.8) is 0 Å². The van der Waals surface area contributed by atoms with Gasteiger partial charge >= 0.3 is 0 Å². The van der Waals surface area contributed by atoms with E-state index in [1.165, 1.54) is 0 Å². The Kier molecular flexibility index (Phi) is 2.61. The molecule has 0 fully saturated rings. The Bertz CT molecular complexity index is 725. The van der Waals surface area contributed by atoms with Crippen LogP contribution in [-0.4, -0.2) is 9.97 Å². The summed E-state index contributed by atoms with van der Waals surface area (Å²) in [5.41, 5.74) is 9.10. The van der Waals surface area contributed by atoms with E-state index in [9.17, 15) is 0 Å². The SMILES string of the molecule is Nc1nc2ccccc2nc1-c1cccc(Cl)c1. The second-order valence-electron chi connectivity index (χ2n) is 3.96. The highest BCUT2D eigenvalue weighted by Gasteiger charge is 2.08. The van der Waals surface area contributed by atoms with Gasteiger partial charge in [-0.25, -0.2) is 9.97 Å². The first-order chi connectivity index (χ1) is 8.74. The number of nitrogens with two attached hydrogens (primary N) is 1. The van der Waals surface area contributed by atoms with Gasteiger partial charge in [-0.1, -0.05) is 35.9 Å². The molecule has 0 radical (unpaired) electrons. The van der Waals surface area contributed by atoms with Gasteiger partial charge in [-0.15, -0.1) is 0 Å². The molecule has 0 spiro atoms. The van der Waals surface area contributed by atoms with E-state index in [1.54, 1.807) is 0 Å². The summed E-state index contributed by atoms with van der Waals surface area (Å²) >= 11 is 5.98. The van der Waals surface area contributed by atoms with Crippen LogP contribution in [-0.2, 0) is 0 Å². The number of halogens is 1. The van der Waals surface area contributed by atoms with Crippen molar-refractivity contribution in [1.82, 2.24) is 9.97 Å². The molecule has 88 valence electrons. The van der Waals surface area contributed by atoms with Crippen LogP contribution in [0.2, 0.25) is 5.02 Å². The number of hydrogen-bond donors (Lipinski definition) is 1. The number of rotatable bonds is 1. The van der Waals surface area contributed by atoms with E-state index in [0.717, 1.165) is 16.6 Å². The van der Waals surface area contributed by atoms with Gasteiger partial charge < -0.3 is 5.73 Å². The first-order valence-electron chi connectivity index (χ1n) is 5.52. The summed E-state index contributed by atoms with van der Waals surface area (Å²) in [4.78, 5) is 8.89. The highest BCUT2D eigenvalue weighted by molar-refractivity contribution is 6.30. The summed E-state index contributed by atoms with van der Waals surface area (Å²) in [7, 11) is 0. The topological polar surface area (TPSA) is 51.8 Å². The number of nitrogens with zero attached hydrogens (tertiary/aromatic N) is 2. The van der Waals surface area contributed by atoms with Crippen LogP contribution < -0.4 is 5.73 Å². The first-order valence-corrected chi connectivity index (χ1v) is 5.90. The Morgan fingerprint density at radius 1 is 0.889 bits per heavy atom. The molecular formula is C14H10ClN3. The van der Waals surface area contributed by atoms with Gasteiger partial charge in [0.2, 0.25) is 0 Å². The molecule has 3 aromatic rings. The van der Waals surface area contributed by atoms with E-state index in [1.807, 2.05) is 48.5 Å². The number of aromatic nitrogens is 2. The molecule has 4 heteroatoms. The lowest BCUT2D eigenvalue weighted by Crippen LogP contribution is -1.98. The molecule has 0 aliphatic carbocycles. The molecule has 2 N–H and O–H groups in total. The maximum Gasteiger partial charge on any atom is 0.150 e. The average Bonchev–Trinajstić information content (AvgIpc) is 2.38. The monoisotopic (exact) mass is 255 g/mol. The predicted molar refractivity (Wildman–Crippen MR) is 74.4 cm³/mol. The number of para-hydroxylation sites is 2. The third-order valence-corrected chi connectivity index (χ3v) is 2.93. The molecule has 0 saturated carbocycles. The van der Waals surface area contributed by atoms with Crippen LogP contribution in [0.3, 0.4) is 0 Å². The summed E-state index contributed by atoms with van der Waals surface area (Å²) in [6.07, 6.45) is 0. The molecule has 3 rings (SSSR count). The molecule has 0 atom stereocenters. The molecule has 1 heterocycles. The molecule has 0 amide bonds. The Morgan fingerprint density at radius 3 is 2.33 bits per heavy atom. The van der Waals surface area contributed by atoms with E-state index in [4.69, 9.17) is 17.3 Å². The summed E-state index contributed by atoms with van der Waals surface area (Å²) < 4.78 is 0. The van der Waals surface area contributed by atoms with Crippen LogP contribution in [0, 0.1) is 0 Å². The smallest absolute Gasteiger partial charge is 0.150 e. The largest absolute Gasteiger partial charge is 0.382 e. The lowest BCUT2D eigenvalue weighted by molar-refractivity contribution is 1.30. The van der Waals surface area contributed by atoms with Crippen molar-refractivity contribution < 1.29 is 0 Å². The fourth-order valence-electron chi connectivity index (χ4n) is 1.86. The van der Waals surface area contributed by atoms with Crippen molar-refractivity contribution in [3.8, 4) is 11.3 Å². The van der Waals surface area contributed by atoms with Crippen molar-refractivity contribution in [2.75, 3.05) is 5.73 Å². The Balaban J connectivity index is 2.26. The van der Waals surface area contributed by atoms with Crippen LogP contribution in [0.15, 0.2) is 48.5 Å². The molecule has 0 bridgehead atoms. The van der Waals surface area contributed by atoms with E-state index >= 15 is 0 Å². The number of anilines is 1. The lowest BCUT2D eigenvalue weighted by Gasteiger charge is -2.06. The Morgan fingerprint density at radius 2 is 1.61 bits per heavy atom. The Hall–Kier alpha value is -2.13. The van der Waals surface area contributed by atoms with Crippen molar-refractivity contribution in [1.29, 1.82) is 0 Å². The fourth-order valence-corrected chi connectivity index (χ4v) is 2.05. The van der Waals surface area contributed by atoms with Gasteiger partial charge in [0.25, 0.3) is 0 Å². The average molecular weight is 256 g/mol. The summed E-state index contributed by atoms with van der Waals surface area (Å²) in [6, 6.07) is 15.1. The lowest BCUT2D eigenvalue weighted by atomic mass is 10.1. The summed E-state index contributed by atoms with van der Waals surface area (Å²) in [5.74, 6) is 0.413. The molecule has 2 aromatic carbocycles. The highest BCUT2D eigenvalue weighted by atomic mass is 35.5.